The fourth-order valence-corrected chi connectivity index (χ4v) is 4.02. The first-order chi connectivity index (χ1) is 13.6. The molecule has 2 N–H and O–H groups in total. The third-order valence-electron chi connectivity index (χ3n) is 4.25. The van der Waals surface area contributed by atoms with Crippen LogP contribution in [0.4, 0.5) is 5.13 Å². The minimum atomic E-state index is 0.357. The summed E-state index contributed by atoms with van der Waals surface area (Å²) >= 11 is 7.68. The summed E-state index contributed by atoms with van der Waals surface area (Å²) in [4.78, 5) is 8.85. The molecule has 3 heterocycles. The molecule has 142 valence electrons. The molecule has 0 fully saturated rings. The van der Waals surface area contributed by atoms with Crippen molar-refractivity contribution < 1.29 is 0 Å². The van der Waals surface area contributed by atoms with Gasteiger partial charge < -0.3 is 5.32 Å². The van der Waals surface area contributed by atoms with Crippen molar-refractivity contribution in [2.75, 3.05) is 5.32 Å². The summed E-state index contributed by atoms with van der Waals surface area (Å²) in [6.45, 7) is 4.21. The highest BCUT2D eigenvalue weighted by atomic mass is 35.5. The second-order valence-corrected chi connectivity index (χ2v) is 8.08. The van der Waals surface area contributed by atoms with Crippen molar-refractivity contribution in [3.05, 3.63) is 70.6 Å². The number of aromatic nitrogens is 4. The Balaban J connectivity index is 1.73. The van der Waals surface area contributed by atoms with Gasteiger partial charge in [0.05, 0.1) is 5.69 Å². The monoisotopic (exact) mass is 409 g/mol. The van der Waals surface area contributed by atoms with Crippen LogP contribution in [0.1, 0.15) is 25.2 Å². The molecule has 28 heavy (non-hydrogen) atoms. The van der Waals surface area contributed by atoms with Gasteiger partial charge in [-0.2, -0.15) is 5.10 Å². The van der Waals surface area contributed by atoms with Gasteiger partial charge in [-0.1, -0.05) is 23.7 Å². The molecule has 0 unspecified atom stereocenters. The van der Waals surface area contributed by atoms with Gasteiger partial charge in [0, 0.05) is 52.1 Å². The number of rotatable bonds is 6. The van der Waals surface area contributed by atoms with Crippen molar-refractivity contribution in [2.45, 2.75) is 26.3 Å². The first kappa shape index (κ1) is 18.7. The van der Waals surface area contributed by atoms with E-state index >= 15 is 0 Å². The van der Waals surface area contributed by atoms with Crippen molar-refractivity contribution in [3.63, 3.8) is 0 Å². The van der Waals surface area contributed by atoms with Gasteiger partial charge in [-0.05, 0) is 43.7 Å². The first-order valence-electron chi connectivity index (χ1n) is 9.04. The van der Waals surface area contributed by atoms with Gasteiger partial charge in [-0.15, -0.1) is 11.3 Å². The molecule has 4 rings (SSSR count). The van der Waals surface area contributed by atoms with Crippen molar-refractivity contribution >= 4 is 28.1 Å². The third kappa shape index (κ3) is 4.08. The van der Waals surface area contributed by atoms with Crippen LogP contribution in [-0.2, 0) is 6.42 Å². The van der Waals surface area contributed by atoms with Crippen LogP contribution in [0.25, 0.3) is 22.4 Å². The minimum Gasteiger partial charge on any atom is -0.359 e. The lowest BCUT2D eigenvalue weighted by atomic mass is 9.98. The minimum absolute atomic E-state index is 0.357. The van der Waals surface area contributed by atoms with Gasteiger partial charge in [0.25, 0.3) is 0 Å². The van der Waals surface area contributed by atoms with E-state index in [9.17, 15) is 0 Å². The molecule has 0 saturated heterocycles. The predicted molar refractivity (Wildman–Crippen MR) is 116 cm³/mol. The van der Waals surface area contributed by atoms with Gasteiger partial charge in [0.1, 0.15) is 5.69 Å². The van der Waals surface area contributed by atoms with Crippen molar-refractivity contribution in [3.8, 4) is 22.4 Å². The second-order valence-electron chi connectivity index (χ2n) is 6.79. The zero-order chi connectivity index (χ0) is 19.5. The van der Waals surface area contributed by atoms with Crippen LogP contribution in [0.3, 0.4) is 0 Å². The van der Waals surface area contributed by atoms with Crippen molar-refractivity contribution in [1.82, 2.24) is 20.2 Å². The van der Waals surface area contributed by atoms with Crippen LogP contribution >= 0.6 is 22.9 Å². The molecule has 4 aromatic rings. The van der Waals surface area contributed by atoms with Crippen LogP contribution in [0.15, 0.2) is 54.2 Å². The van der Waals surface area contributed by atoms with Crippen LogP contribution in [-0.4, -0.2) is 26.2 Å². The van der Waals surface area contributed by atoms with Gasteiger partial charge in [-0.3, -0.25) is 10.1 Å². The lowest BCUT2D eigenvalue weighted by Gasteiger charge is -2.06. The largest absolute Gasteiger partial charge is 0.359 e. The highest BCUT2D eigenvalue weighted by molar-refractivity contribution is 7.13. The van der Waals surface area contributed by atoms with E-state index in [4.69, 9.17) is 16.6 Å². The Morgan fingerprint density at radius 2 is 1.82 bits per heavy atom. The number of anilines is 1. The van der Waals surface area contributed by atoms with Crippen LogP contribution in [0.5, 0.6) is 0 Å². The number of benzene rings is 1. The molecular weight excluding hydrogens is 390 g/mol. The molecule has 1 aromatic carbocycles. The number of halogens is 1. The summed E-state index contributed by atoms with van der Waals surface area (Å²) in [7, 11) is 0. The molecular formula is C21H20ClN5S. The van der Waals surface area contributed by atoms with E-state index in [0.29, 0.717) is 17.5 Å². The Labute approximate surface area is 172 Å². The van der Waals surface area contributed by atoms with E-state index < -0.39 is 0 Å². The van der Waals surface area contributed by atoms with Gasteiger partial charge in [0.2, 0.25) is 0 Å². The molecule has 0 aliphatic rings. The topological polar surface area (TPSA) is 66.5 Å². The molecule has 0 saturated carbocycles. The fourth-order valence-electron chi connectivity index (χ4n) is 3.03. The maximum Gasteiger partial charge on any atom is 0.183 e. The molecule has 0 atom stereocenters. The molecule has 5 nitrogen and oxygen atoms in total. The molecule has 0 spiro atoms. The molecule has 0 amide bonds. The summed E-state index contributed by atoms with van der Waals surface area (Å²) in [5.74, 6) is 0. The molecule has 7 heteroatoms. The van der Waals surface area contributed by atoms with Crippen molar-refractivity contribution in [1.29, 1.82) is 0 Å². The van der Waals surface area contributed by atoms with Crippen LogP contribution in [0, 0.1) is 0 Å². The number of hydrogen-bond acceptors (Lipinski definition) is 5. The molecule has 0 aliphatic heterocycles. The van der Waals surface area contributed by atoms with E-state index in [-0.39, 0.29) is 0 Å². The number of nitrogens with zero attached hydrogens (tertiary/aromatic N) is 3. The fraction of sp³-hybridized carbons (Fsp3) is 0.190. The second kappa shape index (κ2) is 8.12. The maximum atomic E-state index is 6.06. The van der Waals surface area contributed by atoms with Crippen molar-refractivity contribution in [2.24, 2.45) is 0 Å². The van der Waals surface area contributed by atoms with Gasteiger partial charge in [0.15, 0.2) is 5.13 Å². The van der Waals surface area contributed by atoms with E-state index in [0.717, 1.165) is 38.9 Å². The Bertz CT molecular complexity index is 1050. The van der Waals surface area contributed by atoms with E-state index in [2.05, 4.69) is 39.7 Å². The average Bonchev–Trinajstić information content (AvgIpc) is 3.30. The quantitative estimate of drug-likeness (QED) is 0.431. The number of H-pyrrole nitrogens is 1. The summed E-state index contributed by atoms with van der Waals surface area (Å²) in [5.41, 5.74) is 6.08. The van der Waals surface area contributed by atoms with Crippen LogP contribution in [0.2, 0.25) is 5.02 Å². The molecule has 0 radical (unpaired) electrons. The Hall–Kier alpha value is -2.70. The average molecular weight is 410 g/mol. The van der Waals surface area contributed by atoms with E-state index in [1.807, 2.05) is 36.4 Å². The highest BCUT2D eigenvalue weighted by Gasteiger charge is 2.18. The molecule has 0 bridgehead atoms. The Kier molecular flexibility index (Phi) is 5.41. The Morgan fingerprint density at radius 3 is 2.54 bits per heavy atom. The standard InChI is InChI=1S/C21H20ClN5S/c1-13(2)24-21-25-17(12-28-21)11-18-19(14-7-9-23-10-8-14)20(27-26-18)15-3-5-16(22)6-4-15/h3-10,12-13H,11H2,1-2H3,(H,24,25)(H,26,27). The summed E-state index contributed by atoms with van der Waals surface area (Å²) in [5, 5.41) is 14.9. The zero-order valence-electron chi connectivity index (χ0n) is 15.6. The van der Waals surface area contributed by atoms with E-state index in [1.165, 1.54) is 0 Å². The number of hydrogen-bond donors (Lipinski definition) is 2. The van der Waals surface area contributed by atoms with Gasteiger partial charge in [-0.25, -0.2) is 4.98 Å². The molecule has 0 aliphatic carbocycles. The van der Waals surface area contributed by atoms with Gasteiger partial charge >= 0.3 is 0 Å². The summed E-state index contributed by atoms with van der Waals surface area (Å²) in [6, 6.07) is 12.1. The first-order valence-corrected chi connectivity index (χ1v) is 10.3. The maximum absolute atomic E-state index is 6.06. The number of pyridine rings is 1. The lowest BCUT2D eigenvalue weighted by molar-refractivity contribution is 0.892. The number of nitrogens with one attached hydrogen (secondary N) is 2. The summed E-state index contributed by atoms with van der Waals surface area (Å²) in [6.07, 6.45) is 4.27. The predicted octanol–water partition coefficient (Wildman–Crippen LogP) is 5.66. The number of thiazole rings is 1. The SMILES string of the molecule is CC(C)Nc1nc(Cc2[nH]nc(-c3ccc(Cl)cc3)c2-c2ccncc2)cs1. The number of aromatic amines is 1. The normalized spacial score (nSPS) is 11.1. The lowest BCUT2D eigenvalue weighted by Crippen LogP contribution is -2.09. The Morgan fingerprint density at radius 1 is 1.07 bits per heavy atom. The smallest absolute Gasteiger partial charge is 0.183 e. The molecule has 3 aromatic heterocycles. The van der Waals surface area contributed by atoms with E-state index in [1.54, 1.807) is 23.7 Å². The zero-order valence-corrected chi connectivity index (χ0v) is 17.2. The third-order valence-corrected chi connectivity index (χ3v) is 5.32. The van der Waals surface area contributed by atoms with Crippen LogP contribution < -0.4 is 5.32 Å². The highest BCUT2D eigenvalue weighted by Crippen LogP contribution is 2.34. The summed E-state index contributed by atoms with van der Waals surface area (Å²) < 4.78 is 0.